The van der Waals surface area contributed by atoms with Crippen molar-refractivity contribution in [1.82, 2.24) is 0 Å². The van der Waals surface area contributed by atoms with Crippen molar-refractivity contribution in [3.63, 3.8) is 0 Å². The molecule has 3 aromatic rings. The first-order valence-electron chi connectivity index (χ1n) is 8.82. The lowest BCUT2D eigenvalue weighted by Gasteiger charge is -2.47. The number of likely N-dealkylation sites (N-methyl/N-ethyl adjacent to an activating group) is 1. The van der Waals surface area contributed by atoms with E-state index in [9.17, 15) is 0 Å². The van der Waals surface area contributed by atoms with E-state index in [0.29, 0.717) is 16.5 Å². The van der Waals surface area contributed by atoms with E-state index in [1.165, 1.54) is 11.1 Å². The van der Waals surface area contributed by atoms with Gasteiger partial charge in [0.05, 0.1) is 7.11 Å². The average Bonchev–Trinajstić information content (AvgIpc) is 2.72. The van der Waals surface area contributed by atoms with Gasteiger partial charge in [0, 0.05) is 40.5 Å². The molecule has 4 heteroatoms. The molecule has 0 saturated carbocycles. The van der Waals surface area contributed by atoms with Crippen molar-refractivity contribution in [1.29, 1.82) is 0 Å². The third-order valence-corrected chi connectivity index (χ3v) is 5.60. The second-order valence-corrected chi connectivity index (χ2v) is 7.22. The Hall–Kier alpha value is -2.91. The summed E-state index contributed by atoms with van der Waals surface area (Å²) in [6.07, 6.45) is 4.16. The molecule has 2 heterocycles. The third-order valence-electron chi connectivity index (χ3n) is 5.38. The molecule has 134 valence electrons. The van der Waals surface area contributed by atoms with E-state index in [-0.39, 0.29) is 0 Å². The molecule has 27 heavy (non-hydrogen) atoms. The van der Waals surface area contributed by atoms with Crippen molar-refractivity contribution >= 4 is 23.4 Å². The number of benzene rings is 3. The summed E-state index contributed by atoms with van der Waals surface area (Å²) in [7, 11) is 3.70. The van der Waals surface area contributed by atoms with E-state index < -0.39 is 5.72 Å². The Labute approximate surface area is 163 Å². The van der Waals surface area contributed by atoms with E-state index in [4.69, 9.17) is 21.1 Å². The van der Waals surface area contributed by atoms with Gasteiger partial charge in [-0.25, -0.2) is 0 Å². The first-order chi connectivity index (χ1) is 13.1. The van der Waals surface area contributed by atoms with Crippen LogP contribution in [0.15, 0.2) is 66.7 Å². The smallest absolute Gasteiger partial charge is 0.229 e. The molecular weight excluding hydrogens is 358 g/mol. The standard InChI is InChI=1S/C23H18ClNO2/c1-25-20-10-6-4-8-18(20)17-7-3-5-9-19(17)23(25)12-11-15-13-16(24)14-21(26-2)22(15)27-23/h3-14H,1-2H3/t23-/m1/s1. The normalized spacial score (nSPS) is 19.1. The molecule has 3 nitrogen and oxygen atoms in total. The summed E-state index contributed by atoms with van der Waals surface area (Å²) in [5, 5.41) is 0.623. The molecule has 0 saturated heterocycles. The maximum atomic E-state index is 6.69. The first kappa shape index (κ1) is 16.3. The van der Waals surface area contributed by atoms with Crippen molar-refractivity contribution in [2.24, 2.45) is 0 Å². The van der Waals surface area contributed by atoms with Gasteiger partial charge < -0.3 is 14.4 Å². The van der Waals surface area contributed by atoms with Gasteiger partial charge in [-0.1, -0.05) is 54.1 Å². The van der Waals surface area contributed by atoms with Crippen LogP contribution in [-0.2, 0) is 5.72 Å². The highest BCUT2D eigenvalue weighted by Gasteiger charge is 2.45. The van der Waals surface area contributed by atoms with E-state index in [1.54, 1.807) is 13.2 Å². The molecule has 1 spiro atoms. The van der Waals surface area contributed by atoms with Gasteiger partial charge in [0.2, 0.25) is 5.72 Å². The van der Waals surface area contributed by atoms with E-state index in [1.807, 2.05) is 12.1 Å². The second-order valence-electron chi connectivity index (χ2n) is 6.78. The minimum absolute atomic E-state index is 0.623. The molecule has 2 aliphatic rings. The van der Waals surface area contributed by atoms with Crippen LogP contribution in [0.5, 0.6) is 11.5 Å². The average molecular weight is 376 g/mol. The molecule has 0 fully saturated rings. The summed E-state index contributed by atoms with van der Waals surface area (Å²) in [5.74, 6) is 1.33. The largest absolute Gasteiger partial charge is 0.493 e. The molecule has 5 rings (SSSR count). The third kappa shape index (κ3) is 2.22. The summed E-state index contributed by atoms with van der Waals surface area (Å²) in [6.45, 7) is 0. The Morgan fingerprint density at radius 2 is 1.74 bits per heavy atom. The molecule has 0 bridgehead atoms. The number of halogens is 1. The molecule has 0 amide bonds. The lowest BCUT2D eigenvalue weighted by molar-refractivity contribution is 0.111. The number of fused-ring (bicyclic) bond motifs is 5. The van der Waals surface area contributed by atoms with Gasteiger partial charge in [-0.2, -0.15) is 0 Å². The van der Waals surface area contributed by atoms with Gasteiger partial charge in [-0.15, -0.1) is 0 Å². The first-order valence-corrected chi connectivity index (χ1v) is 9.20. The van der Waals surface area contributed by atoms with Crippen LogP contribution in [0.25, 0.3) is 17.2 Å². The van der Waals surface area contributed by atoms with Crippen LogP contribution >= 0.6 is 11.6 Å². The Morgan fingerprint density at radius 1 is 1.00 bits per heavy atom. The number of anilines is 1. The summed E-state index contributed by atoms with van der Waals surface area (Å²) in [6, 6.07) is 20.5. The van der Waals surface area contributed by atoms with Gasteiger partial charge >= 0.3 is 0 Å². The Kier molecular flexibility index (Phi) is 3.49. The predicted octanol–water partition coefficient (Wildman–Crippen LogP) is 5.72. The van der Waals surface area contributed by atoms with Gasteiger partial charge in [-0.3, -0.25) is 0 Å². The minimum Gasteiger partial charge on any atom is -0.493 e. The van der Waals surface area contributed by atoms with Gasteiger partial charge in [0.1, 0.15) is 0 Å². The zero-order valence-electron chi connectivity index (χ0n) is 15.1. The molecular formula is C23H18ClNO2. The number of rotatable bonds is 1. The van der Waals surface area contributed by atoms with Gasteiger partial charge in [0.25, 0.3) is 0 Å². The Bertz CT molecular complexity index is 1090. The van der Waals surface area contributed by atoms with Crippen LogP contribution in [0.3, 0.4) is 0 Å². The molecule has 2 aliphatic heterocycles. The fourth-order valence-corrected chi connectivity index (χ4v) is 4.29. The van der Waals surface area contributed by atoms with Crippen molar-refractivity contribution in [3.05, 3.63) is 82.9 Å². The molecule has 3 aromatic carbocycles. The fourth-order valence-electron chi connectivity index (χ4n) is 4.07. The van der Waals surface area contributed by atoms with Crippen LogP contribution in [0.1, 0.15) is 11.1 Å². The topological polar surface area (TPSA) is 21.7 Å². The summed E-state index contributed by atoms with van der Waals surface area (Å²) < 4.78 is 12.2. The highest BCUT2D eigenvalue weighted by molar-refractivity contribution is 6.31. The van der Waals surface area contributed by atoms with Gasteiger partial charge in [-0.05, 0) is 29.8 Å². The summed E-state index contributed by atoms with van der Waals surface area (Å²) in [5.41, 5.74) is 4.76. The Balaban J connectivity index is 1.77. The lowest BCUT2D eigenvalue weighted by atomic mass is 9.84. The SMILES string of the molecule is COc1cc(Cl)cc2c1O[C@]1(C=C2)c2ccccc2-c2ccccc2N1C. The van der Waals surface area contributed by atoms with Crippen LogP contribution < -0.4 is 14.4 Å². The van der Waals surface area contributed by atoms with E-state index in [2.05, 4.69) is 66.6 Å². The quantitative estimate of drug-likeness (QED) is 0.542. The monoisotopic (exact) mass is 375 g/mol. The maximum Gasteiger partial charge on any atom is 0.229 e. The van der Waals surface area contributed by atoms with Crippen molar-refractivity contribution in [2.75, 3.05) is 19.1 Å². The van der Waals surface area contributed by atoms with Crippen LogP contribution in [0.2, 0.25) is 5.02 Å². The van der Waals surface area contributed by atoms with Crippen molar-refractivity contribution in [2.45, 2.75) is 5.72 Å². The number of hydrogen-bond donors (Lipinski definition) is 0. The zero-order valence-corrected chi connectivity index (χ0v) is 15.8. The van der Waals surface area contributed by atoms with Crippen LogP contribution in [0, 0.1) is 0 Å². The highest BCUT2D eigenvalue weighted by atomic mass is 35.5. The summed E-state index contributed by atoms with van der Waals surface area (Å²) >= 11 is 6.23. The van der Waals surface area contributed by atoms with E-state index in [0.717, 1.165) is 16.8 Å². The van der Waals surface area contributed by atoms with Crippen LogP contribution in [0.4, 0.5) is 5.69 Å². The van der Waals surface area contributed by atoms with Gasteiger partial charge in [0.15, 0.2) is 11.5 Å². The fraction of sp³-hybridized carbons (Fsp3) is 0.130. The molecule has 0 N–H and O–H groups in total. The minimum atomic E-state index is -0.751. The number of nitrogens with zero attached hydrogens (tertiary/aromatic N) is 1. The second kappa shape index (κ2) is 5.80. The zero-order chi connectivity index (χ0) is 18.6. The summed E-state index contributed by atoms with van der Waals surface area (Å²) in [4.78, 5) is 2.18. The van der Waals surface area contributed by atoms with Crippen molar-refractivity contribution in [3.8, 4) is 22.6 Å². The number of hydrogen-bond acceptors (Lipinski definition) is 3. The molecule has 1 atom stereocenters. The maximum absolute atomic E-state index is 6.69. The number of para-hydroxylation sites is 1. The number of ether oxygens (including phenoxy) is 2. The molecule has 0 aliphatic carbocycles. The van der Waals surface area contributed by atoms with Crippen LogP contribution in [-0.4, -0.2) is 14.2 Å². The molecule has 0 unspecified atom stereocenters. The lowest BCUT2D eigenvalue weighted by Crippen LogP contribution is -2.50. The molecule has 0 radical (unpaired) electrons. The predicted molar refractivity (Wildman–Crippen MR) is 110 cm³/mol. The Morgan fingerprint density at radius 3 is 2.56 bits per heavy atom. The van der Waals surface area contributed by atoms with Crippen molar-refractivity contribution < 1.29 is 9.47 Å². The highest BCUT2D eigenvalue weighted by Crippen LogP contribution is 2.52. The number of methoxy groups -OCH3 is 1. The molecule has 0 aromatic heterocycles. The van der Waals surface area contributed by atoms with E-state index >= 15 is 0 Å².